The summed E-state index contributed by atoms with van der Waals surface area (Å²) in [4.78, 5) is 39.5. The predicted octanol–water partition coefficient (Wildman–Crippen LogP) is 6.43. The summed E-state index contributed by atoms with van der Waals surface area (Å²) in [6.45, 7) is 13.4. The van der Waals surface area contributed by atoms with Crippen LogP contribution >= 0.6 is 0 Å². The molecule has 2 N–H and O–H groups in total. The van der Waals surface area contributed by atoms with E-state index in [9.17, 15) is 9.90 Å². The van der Waals surface area contributed by atoms with Crippen LogP contribution in [0.5, 0.6) is 0 Å². The largest absolute Gasteiger partial charge is 0.595 e. The number of rotatable bonds is 5. The summed E-state index contributed by atoms with van der Waals surface area (Å²) < 4.78 is 17.2. The minimum atomic E-state index is -0.641. The van der Waals surface area contributed by atoms with Gasteiger partial charge < -0.3 is 29.0 Å². The maximum Gasteiger partial charge on any atom is 0.410 e. The van der Waals surface area contributed by atoms with E-state index in [2.05, 4.69) is 19.9 Å². The molecule has 12 heteroatoms. The Bertz CT molecular complexity index is 1890. The summed E-state index contributed by atoms with van der Waals surface area (Å²) in [6, 6.07) is 10.8. The van der Waals surface area contributed by atoms with Gasteiger partial charge in [-0.05, 0) is 70.9 Å². The zero-order valence-electron chi connectivity index (χ0n) is 26.6. The first kappa shape index (κ1) is 30.2. The molecule has 1 aliphatic heterocycles. The Kier molecular flexibility index (Phi) is 7.54. The van der Waals surface area contributed by atoms with Crippen molar-refractivity contribution in [3.05, 3.63) is 54.2 Å². The molecule has 2 atom stereocenters. The number of oxazole rings is 1. The number of amides is 1. The highest BCUT2D eigenvalue weighted by Gasteiger charge is 2.35. The number of benzene rings is 2. The maximum atomic E-state index is 12.8. The van der Waals surface area contributed by atoms with Crippen molar-refractivity contribution in [3.8, 4) is 22.8 Å². The molecule has 3 aromatic heterocycles. The number of fused-ring (bicyclic) bond motifs is 2. The van der Waals surface area contributed by atoms with E-state index < -0.39 is 23.3 Å². The Balaban J connectivity index is 1.24. The molecule has 5 aromatic rings. The number of nitrogens with zero attached hydrogens (tertiary/aromatic N) is 5. The average molecular weight is 613 g/mol. The van der Waals surface area contributed by atoms with E-state index in [1.165, 1.54) is 0 Å². The molecular formula is C33H38N7O5-. The van der Waals surface area contributed by atoms with Gasteiger partial charge in [0.15, 0.2) is 5.76 Å². The Hall–Kier alpha value is -4.87. The lowest BCUT2D eigenvalue weighted by atomic mass is 10.1. The molecule has 0 bridgehead atoms. The third kappa shape index (κ3) is 6.50. The second-order valence-corrected chi connectivity index (χ2v) is 13.3. The fourth-order valence-corrected chi connectivity index (χ4v) is 5.39. The van der Waals surface area contributed by atoms with Crippen molar-refractivity contribution >= 4 is 34.2 Å². The number of aromatic nitrogens is 5. The summed E-state index contributed by atoms with van der Waals surface area (Å²) in [5, 5.41) is 12.2. The maximum absolute atomic E-state index is 12.8. The molecule has 45 heavy (non-hydrogen) atoms. The SMILES string of the molecule is C[C@@H](N=C([O-])OC(C)(C)C)c1nc2c(-c3ncc(-c4ccc5nc([C@@H]6CCCN6C(=O)OC(C)(C)C)[nH]c5c4)o3)cccc2[nH]1. The van der Waals surface area contributed by atoms with Gasteiger partial charge in [-0.1, -0.05) is 26.8 Å². The smallest absolute Gasteiger partial charge is 0.410 e. The topological polar surface area (TPSA) is 158 Å². The third-order valence-electron chi connectivity index (χ3n) is 7.34. The van der Waals surface area contributed by atoms with Crippen LogP contribution in [-0.2, 0) is 9.47 Å². The molecule has 1 amide bonds. The number of carbonyl (C=O) groups is 1. The number of aliphatic imine (C=N–C) groups is 1. The summed E-state index contributed by atoms with van der Waals surface area (Å²) in [7, 11) is 0. The number of para-hydroxylation sites is 1. The first-order valence-corrected chi connectivity index (χ1v) is 15.1. The number of likely N-dealkylation sites (tertiary alicyclic amines) is 1. The molecule has 0 saturated carbocycles. The van der Waals surface area contributed by atoms with E-state index in [1.807, 2.05) is 57.2 Å². The lowest BCUT2D eigenvalue weighted by Crippen LogP contribution is -2.36. The molecule has 6 rings (SSSR count). The van der Waals surface area contributed by atoms with Gasteiger partial charge in [0.05, 0.1) is 34.4 Å². The van der Waals surface area contributed by atoms with Gasteiger partial charge in [-0.15, -0.1) is 0 Å². The lowest BCUT2D eigenvalue weighted by Gasteiger charge is -2.29. The van der Waals surface area contributed by atoms with Crippen molar-refractivity contribution < 1.29 is 23.8 Å². The molecule has 12 nitrogen and oxygen atoms in total. The number of hydrogen-bond acceptors (Lipinski definition) is 9. The van der Waals surface area contributed by atoms with Crippen LogP contribution in [0.1, 0.15) is 85.0 Å². The van der Waals surface area contributed by atoms with Crippen molar-refractivity contribution in [2.24, 2.45) is 4.99 Å². The van der Waals surface area contributed by atoms with Crippen LogP contribution in [0.3, 0.4) is 0 Å². The van der Waals surface area contributed by atoms with E-state index in [0.29, 0.717) is 35.1 Å². The van der Waals surface area contributed by atoms with Crippen molar-refractivity contribution in [3.63, 3.8) is 0 Å². The van der Waals surface area contributed by atoms with Gasteiger partial charge in [0, 0.05) is 17.7 Å². The molecule has 1 saturated heterocycles. The van der Waals surface area contributed by atoms with Crippen LogP contribution < -0.4 is 5.11 Å². The van der Waals surface area contributed by atoms with Crippen LogP contribution in [0.15, 0.2) is 52.0 Å². The molecule has 0 aliphatic carbocycles. The molecule has 0 radical (unpaired) electrons. The van der Waals surface area contributed by atoms with Crippen molar-refractivity contribution in [2.45, 2.75) is 84.6 Å². The van der Waals surface area contributed by atoms with Gasteiger partial charge in [-0.25, -0.2) is 19.7 Å². The molecule has 0 spiro atoms. The van der Waals surface area contributed by atoms with Crippen LogP contribution in [-0.4, -0.2) is 59.7 Å². The summed E-state index contributed by atoms with van der Waals surface area (Å²) in [5.41, 5.74) is 3.39. The fourth-order valence-electron chi connectivity index (χ4n) is 5.39. The summed E-state index contributed by atoms with van der Waals surface area (Å²) >= 11 is 0. The molecule has 2 aromatic carbocycles. The Morgan fingerprint density at radius 2 is 1.84 bits per heavy atom. The highest BCUT2D eigenvalue weighted by molar-refractivity contribution is 5.90. The summed E-state index contributed by atoms with van der Waals surface area (Å²) in [6.07, 6.45) is 2.41. The van der Waals surface area contributed by atoms with Crippen LogP contribution in [0, 0.1) is 0 Å². The van der Waals surface area contributed by atoms with Crippen molar-refractivity contribution in [1.29, 1.82) is 0 Å². The van der Waals surface area contributed by atoms with Gasteiger partial charge in [-0.3, -0.25) is 9.89 Å². The second-order valence-electron chi connectivity index (χ2n) is 13.3. The zero-order chi connectivity index (χ0) is 32.1. The van der Waals surface area contributed by atoms with Crippen LogP contribution in [0.2, 0.25) is 0 Å². The van der Waals surface area contributed by atoms with Gasteiger partial charge in [0.25, 0.3) is 0 Å². The third-order valence-corrected chi connectivity index (χ3v) is 7.34. The normalized spacial score (nSPS) is 16.9. The lowest BCUT2D eigenvalue weighted by molar-refractivity contribution is -0.261. The molecule has 0 unspecified atom stereocenters. The number of nitrogens with one attached hydrogen (secondary N) is 2. The van der Waals surface area contributed by atoms with E-state index in [0.717, 1.165) is 40.8 Å². The Labute approximate surface area is 260 Å². The van der Waals surface area contributed by atoms with E-state index in [4.69, 9.17) is 23.9 Å². The number of aromatic amines is 2. The van der Waals surface area contributed by atoms with Gasteiger partial charge in [0.1, 0.15) is 34.9 Å². The Morgan fingerprint density at radius 3 is 2.60 bits per heavy atom. The van der Waals surface area contributed by atoms with Gasteiger partial charge in [-0.2, -0.15) is 0 Å². The molecule has 4 heterocycles. The highest BCUT2D eigenvalue weighted by atomic mass is 16.6. The van der Waals surface area contributed by atoms with E-state index >= 15 is 0 Å². The standard InChI is InChI=1S/C33H39N7O5/c1-18(35-30(41)44-32(2,3)4)27-37-22-11-8-10-20(26(22)39-27)29-34-17-25(43-29)19-13-14-21-23(16-19)38-28(36-21)24-12-9-15-40(24)31(42)45-33(5,6)7/h8,10-11,13-14,16-18,24H,9,12,15H2,1-7H3,(H,35,41)(H,36,38)(H,37,39)/p-1/t18-,24+/m1/s1. The number of ether oxygens (including phenoxy) is 2. The molecular weight excluding hydrogens is 574 g/mol. The van der Waals surface area contributed by atoms with Crippen molar-refractivity contribution in [1.82, 2.24) is 29.8 Å². The van der Waals surface area contributed by atoms with Gasteiger partial charge >= 0.3 is 6.09 Å². The quantitative estimate of drug-likeness (QED) is 0.170. The molecule has 1 aliphatic rings. The highest BCUT2D eigenvalue weighted by Crippen LogP contribution is 2.35. The first-order chi connectivity index (χ1) is 21.2. The minimum absolute atomic E-state index is 0.175. The van der Waals surface area contributed by atoms with Crippen molar-refractivity contribution in [2.75, 3.05) is 6.54 Å². The van der Waals surface area contributed by atoms with E-state index in [-0.39, 0.29) is 12.1 Å². The van der Waals surface area contributed by atoms with E-state index in [1.54, 1.807) is 38.8 Å². The number of imidazole rings is 2. The number of carbonyl (C=O) groups excluding carboxylic acids is 1. The Morgan fingerprint density at radius 1 is 1.07 bits per heavy atom. The average Bonchev–Trinajstić information content (AvgIpc) is 3.74. The molecule has 236 valence electrons. The number of hydrogen-bond donors (Lipinski definition) is 2. The second kappa shape index (κ2) is 11.2. The predicted molar refractivity (Wildman–Crippen MR) is 168 cm³/mol. The monoisotopic (exact) mass is 612 g/mol. The van der Waals surface area contributed by atoms with Crippen LogP contribution in [0.25, 0.3) is 44.8 Å². The zero-order valence-corrected chi connectivity index (χ0v) is 26.6. The van der Waals surface area contributed by atoms with Crippen LogP contribution in [0.4, 0.5) is 4.79 Å². The first-order valence-electron chi connectivity index (χ1n) is 15.1. The van der Waals surface area contributed by atoms with Gasteiger partial charge in [0.2, 0.25) is 5.89 Å². The number of H-pyrrole nitrogens is 2. The summed E-state index contributed by atoms with van der Waals surface area (Å²) in [5.74, 6) is 2.26. The fraction of sp³-hybridized carbons (Fsp3) is 0.424. The minimum Gasteiger partial charge on any atom is -0.595 e. The molecule has 1 fully saturated rings.